The Kier molecular flexibility index (Phi) is 4.51. The van der Waals surface area contributed by atoms with E-state index >= 15 is 0 Å². The highest BCUT2D eigenvalue weighted by Crippen LogP contribution is 2.22. The molecule has 2 rings (SSSR count). The lowest BCUT2D eigenvalue weighted by Crippen LogP contribution is -1.85. The average Bonchev–Trinajstić information content (AvgIpc) is 2.41. The summed E-state index contributed by atoms with van der Waals surface area (Å²) in [7, 11) is 1.69. The van der Waals surface area contributed by atoms with Crippen LogP contribution in [0.1, 0.15) is 5.56 Å². The standard InChI is InChI=1S/C15H15OS/c1-16-14-7-9-15(10-8-14)17-12-11-13-5-3-2-4-6-13/h2-11H,12H2,1H3. The summed E-state index contributed by atoms with van der Waals surface area (Å²) in [5, 5.41) is 0. The van der Waals surface area contributed by atoms with Crippen LogP contribution in [0.3, 0.4) is 0 Å². The molecule has 17 heavy (non-hydrogen) atoms. The highest BCUT2D eigenvalue weighted by molar-refractivity contribution is 7.99. The van der Waals surface area contributed by atoms with Gasteiger partial charge in [0.05, 0.1) is 7.11 Å². The van der Waals surface area contributed by atoms with Crippen molar-refractivity contribution in [3.05, 3.63) is 66.6 Å². The van der Waals surface area contributed by atoms with Crippen LogP contribution >= 0.6 is 11.8 Å². The monoisotopic (exact) mass is 243 g/mol. The lowest BCUT2D eigenvalue weighted by Gasteiger charge is -2.03. The maximum absolute atomic E-state index is 5.13. The molecule has 0 saturated heterocycles. The maximum atomic E-state index is 5.13. The molecule has 2 aromatic carbocycles. The highest BCUT2D eigenvalue weighted by atomic mass is 32.2. The van der Waals surface area contributed by atoms with Crippen LogP contribution in [0.15, 0.2) is 59.5 Å². The summed E-state index contributed by atoms with van der Waals surface area (Å²) in [5.41, 5.74) is 1.27. The molecule has 2 heteroatoms. The van der Waals surface area contributed by atoms with Crippen molar-refractivity contribution in [3.8, 4) is 5.75 Å². The minimum Gasteiger partial charge on any atom is -0.497 e. The van der Waals surface area contributed by atoms with Crippen molar-refractivity contribution in [1.29, 1.82) is 0 Å². The van der Waals surface area contributed by atoms with E-state index in [1.54, 1.807) is 7.11 Å². The van der Waals surface area contributed by atoms with Gasteiger partial charge in [-0.15, -0.1) is 11.8 Å². The fraction of sp³-hybridized carbons (Fsp3) is 0.133. The van der Waals surface area contributed by atoms with Crippen LogP contribution in [-0.2, 0) is 0 Å². The molecule has 0 aliphatic heterocycles. The molecule has 0 aliphatic rings. The predicted octanol–water partition coefficient (Wildman–Crippen LogP) is 4.04. The number of rotatable bonds is 5. The second-order valence-corrected chi connectivity index (χ2v) is 4.69. The summed E-state index contributed by atoms with van der Waals surface area (Å²) in [6.07, 6.45) is 2.23. The third-order valence-electron chi connectivity index (χ3n) is 2.43. The van der Waals surface area contributed by atoms with Crippen LogP contribution in [0.5, 0.6) is 5.75 Å². The Morgan fingerprint density at radius 1 is 1.00 bits per heavy atom. The topological polar surface area (TPSA) is 9.23 Å². The van der Waals surface area contributed by atoms with Crippen molar-refractivity contribution in [2.24, 2.45) is 0 Å². The number of methoxy groups -OCH3 is 1. The molecule has 0 saturated carbocycles. The van der Waals surface area contributed by atoms with Crippen LogP contribution in [0.4, 0.5) is 0 Å². The fourth-order valence-electron chi connectivity index (χ4n) is 1.50. The van der Waals surface area contributed by atoms with E-state index in [4.69, 9.17) is 4.74 Å². The Balaban J connectivity index is 1.82. The number of benzene rings is 2. The van der Waals surface area contributed by atoms with E-state index in [9.17, 15) is 0 Å². The van der Waals surface area contributed by atoms with Gasteiger partial charge in [0, 0.05) is 17.1 Å². The van der Waals surface area contributed by atoms with Gasteiger partial charge >= 0.3 is 0 Å². The minimum absolute atomic E-state index is 0.904. The molecule has 0 fully saturated rings. The predicted molar refractivity (Wildman–Crippen MR) is 73.6 cm³/mol. The van der Waals surface area contributed by atoms with Gasteiger partial charge in [-0.3, -0.25) is 0 Å². The van der Waals surface area contributed by atoms with Gasteiger partial charge in [-0.05, 0) is 29.8 Å². The van der Waals surface area contributed by atoms with Crippen LogP contribution in [0.2, 0.25) is 0 Å². The Morgan fingerprint density at radius 3 is 2.35 bits per heavy atom. The minimum atomic E-state index is 0.904. The van der Waals surface area contributed by atoms with Crippen molar-refractivity contribution in [2.45, 2.75) is 4.90 Å². The Bertz CT molecular complexity index is 436. The summed E-state index contributed by atoms with van der Waals surface area (Å²) >= 11 is 1.82. The molecule has 1 nitrogen and oxygen atoms in total. The molecule has 0 aliphatic carbocycles. The summed E-state index contributed by atoms with van der Waals surface area (Å²) in [5.74, 6) is 1.89. The molecular weight excluding hydrogens is 228 g/mol. The van der Waals surface area contributed by atoms with E-state index in [-0.39, 0.29) is 0 Å². The molecular formula is C15H15OS. The number of hydrogen-bond donors (Lipinski definition) is 0. The smallest absolute Gasteiger partial charge is 0.118 e. The van der Waals surface area contributed by atoms with Crippen molar-refractivity contribution >= 4 is 11.8 Å². The van der Waals surface area contributed by atoms with Gasteiger partial charge in [0.2, 0.25) is 0 Å². The van der Waals surface area contributed by atoms with Gasteiger partial charge in [-0.25, -0.2) is 0 Å². The van der Waals surface area contributed by atoms with Crippen molar-refractivity contribution < 1.29 is 4.74 Å². The molecule has 0 atom stereocenters. The van der Waals surface area contributed by atoms with E-state index in [0.29, 0.717) is 0 Å². The zero-order valence-corrected chi connectivity index (χ0v) is 10.6. The first-order valence-corrected chi connectivity index (χ1v) is 6.52. The van der Waals surface area contributed by atoms with Crippen molar-refractivity contribution in [3.63, 3.8) is 0 Å². The number of hydrogen-bond acceptors (Lipinski definition) is 2. The lowest BCUT2D eigenvalue weighted by molar-refractivity contribution is 0.414. The van der Waals surface area contributed by atoms with E-state index in [1.807, 2.05) is 30.0 Å². The molecule has 2 aromatic rings. The van der Waals surface area contributed by atoms with Crippen LogP contribution < -0.4 is 4.74 Å². The Morgan fingerprint density at radius 2 is 1.71 bits per heavy atom. The maximum Gasteiger partial charge on any atom is 0.118 e. The molecule has 0 amide bonds. The molecule has 0 unspecified atom stereocenters. The van der Waals surface area contributed by atoms with Gasteiger partial charge in [-0.1, -0.05) is 30.3 Å². The largest absolute Gasteiger partial charge is 0.497 e. The first kappa shape index (κ1) is 12.1. The highest BCUT2D eigenvalue weighted by Gasteiger charge is 1.96. The second kappa shape index (κ2) is 6.36. The Labute approximate surface area is 107 Å². The van der Waals surface area contributed by atoms with E-state index in [1.165, 1.54) is 10.5 Å². The molecule has 0 heterocycles. The quantitative estimate of drug-likeness (QED) is 0.733. The summed E-state index contributed by atoms with van der Waals surface area (Å²) < 4.78 is 5.13. The van der Waals surface area contributed by atoms with Crippen LogP contribution in [-0.4, -0.2) is 12.9 Å². The van der Waals surface area contributed by atoms with E-state index < -0.39 is 0 Å². The normalized spacial score (nSPS) is 10.2. The van der Waals surface area contributed by atoms with Gasteiger partial charge in [0.1, 0.15) is 5.75 Å². The van der Waals surface area contributed by atoms with E-state index in [0.717, 1.165) is 11.5 Å². The van der Waals surface area contributed by atoms with E-state index in [2.05, 4.69) is 42.8 Å². The number of ether oxygens (including phenoxy) is 1. The third-order valence-corrected chi connectivity index (χ3v) is 3.37. The summed E-state index contributed by atoms with van der Waals surface area (Å²) in [6, 6.07) is 18.5. The molecule has 0 N–H and O–H groups in total. The summed E-state index contributed by atoms with van der Waals surface area (Å²) in [4.78, 5) is 1.26. The van der Waals surface area contributed by atoms with Gasteiger partial charge in [0.15, 0.2) is 0 Å². The van der Waals surface area contributed by atoms with Crippen molar-refractivity contribution in [2.75, 3.05) is 12.9 Å². The molecule has 0 bridgehead atoms. The van der Waals surface area contributed by atoms with Crippen LogP contribution in [0, 0.1) is 6.42 Å². The lowest BCUT2D eigenvalue weighted by atomic mass is 10.2. The van der Waals surface area contributed by atoms with Crippen LogP contribution in [0.25, 0.3) is 0 Å². The number of thioether (sulfide) groups is 1. The molecule has 87 valence electrons. The molecule has 0 spiro atoms. The van der Waals surface area contributed by atoms with Gasteiger partial charge in [0.25, 0.3) is 0 Å². The summed E-state index contributed by atoms with van der Waals surface area (Å²) in [6.45, 7) is 0. The Hall–Kier alpha value is -1.41. The average molecular weight is 243 g/mol. The second-order valence-electron chi connectivity index (χ2n) is 3.60. The zero-order chi connectivity index (χ0) is 11.9. The zero-order valence-electron chi connectivity index (χ0n) is 9.80. The molecule has 1 radical (unpaired) electrons. The first-order chi connectivity index (χ1) is 8.38. The third kappa shape index (κ3) is 3.82. The SMILES string of the molecule is COc1ccc(SC[CH]c2ccccc2)cc1. The molecule has 0 aromatic heterocycles. The fourth-order valence-corrected chi connectivity index (χ4v) is 2.29. The van der Waals surface area contributed by atoms with Crippen molar-refractivity contribution in [1.82, 2.24) is 0 Å². The van der Waals surface area contributed by atoms with Gasteiger partial charge < -0.3 is 4.74 Å². The van der Waals surface area contributed by atoms with Gasteiger partial charge in [-0.2, -0.15) is 0 Å². The first-order valence-electron chi connectivity index (χ1n) is 5.53.